The molecule has 2 aliphatic rings. The second-order valence-electron chi connectivity index (χ2n) is 7.54. The molecule has 2 aliphatic heterocycles. The summed E-state index contributed by atoms with van der Waals surface area (Å²) in [6.45, 7) is 11.5. The number of hydrogen-bond acceptors (Lipinski definition) is 4. The minimum Gasteiger partial charge on any atom is -0.379 e. The van der Waals surface area contributed by atoms with E-state index in [4.69, 9.17) is 4.74 Å². The van der Waals surface area contributed by atoms with Crippen LogP contribution >= 0.6 is 0 Å². The Morgan fingerprint density at radius 2 is 1.96 bits per heavy atom. The van der Waals surface area contributed by atoms with Crippen molar-refractivity contribution in [3.8, 4) is 0 Å². The zero-order chi connectivity index (χ0) is 17.4. The van der Waals surface area contributed by atoms with Gasteiger partial charge in [-0.05, 0) is 38.8 Å². The molecule has 24 heavy (non-hydrogen) atoms. The van der Waals surface area contributed by atoms with Gasteiger partial charge in [-0.1, -0.05) is 13.8 Å². The lowest BCUT2D eigenvalue weighted by atomic mass is 10.0. The van der Waals surface area contributed by atoms with Crippen molar-refractivity contribution in [3.05, 3.63) is 0 Å². The van der Waals surface area contributed by atoms with Crippen molar-refractivity contribution in [2.45, 2.75) is 45.2 Å². The Kier molecular flexibility index (Phi) is 8.29. The second kappa shape index (κ2) is 10.2. The van der Waals surface area contributed by atoms with Crippen molar-refractivity contribution in [3.63, 3.8) is 0 Å². The first-order valence-electron chi connectivity index (χ1n) is 9.56. The Balaban J connectivity index is 1.79. The number of nitrogens with one attached hydrogen (secondary N) is 2. The summed E-state index contributed by atoms with van der Waals surface area (Å²) in [4.78, 5) is 9.41. The van der Waals surface area contributed by atoms with Gasteiger partial charge in [0.1, 0.15) is 0 Å². The van der Waals surface area contributed by atoms with Gasteiger partial charge in [0, 0.05) is 45.3 Å². The Labute approximate surface area is 148 Å². The molecule has 2 fully saturated rings. The molecule has 0 radical (unpaired) electrons. The fraction of sp³-hybridized carbons (Fsp3) is 0.944. The van der Waals surface area contributed by atoms with E-state index in [2.05, 4.69) is 46.3 Å². The van der Waals surface area contributed by atoms with E-state index in [9.17, 15) is 0 Å². The zero-order valence-corrected chi connectivity index (χ0v) is 16.1. The molecule has 0 aliphatic carbocycles. The summed E-state index contributed by atoms with van der Waals surface area (Å²) in [6, 6.07) is 1.18. The number of aliphatic imine (C=N–C) groups is 1. The topological polar surface area (TPSA) is 52.1 Å². The van der Waals surface area contributed by atoms with Crippen molar-refractivity contribution in [1.82, 2.24) is 20.4 Å². The molecule has 0 amide bonds. The maximum Gasteiger partial charge on any atom is 0.191 e. The van der Waals surface area contributed by atoms with Crippen LogP contribution in [0, 0.1) is 5.92 Å². The van der Waals surface area contributed by atoms with E-state index in [0.717, 1.165) is 45.4 Å². The van der Waals surface area contributed by atoms with Gasteiger partial charge >= 0.3 is 0 Å². The van der Waals surface area contributed by atoms with Crippen molar-refractivity contribution >= 4 is 5.96 Å². The first-order valence-corrected chi connectivity index (χ1v) is 9.56. The van der Waals surface area contributed by atoms with Gasteiger partial charge in [-0.25, -0.2) is 0 Å². The van der Waals surface area contributed by atoms with Gasteiger partial charge in [0.25, 0.3) is 0 Å². The Bertz CT molecular complexity index is 382. The summed E-state index contributed by atoms with van der Waals surface area (Å²) in [5.74, 6) is 1.62. The first kappa shape index (κ1) is 19.5. The monoisotopic (exact) mass is 339 g/mol. The molecular formula is C18H37N5O. The Hall–Kier alpha value is -0.850. The smallest absolute Gasteiger partial charge is 0.191 e. The summed E-state index contributed by atoms with van der Waals surface area (Å²) in [7, 11) is 4.08. The average molecular weight is 340 g/mol. The fourth-order valence-corrected chi connectivity index (χ4v) is 3.74. The molecule has 0 aromatic carbocycles. The van der Waals surface area contributed by atoms with E-state index >= 15 is 0 Å². The molecule has 0 aromatic rings. The highest BCUT2D eigenvalue weighted by atomic mass is 16.5. The second-order valence-corrected chi connectivity index (χ2v) is 7.54. The minimum atomic E-state index is 0.543. The summed E-state index contributed by atoms with van der Waals surface area (Å²) in [6.07, 6.45) is 3.79. The number of hydrogen-bond donors (Lipinski definition) is 2. The summed E-state index contributed by atoms with van der Waals surface area (Å²) < 4.78 is 5.50. The number of morpholine rings is 1. The Morgan fingerprint density at radius 3 is 2.54 bits per heavy atom. The molecule has 0 bridgehead atoms. The van der Waals surface area contributed by atoms with E-state index in [1.54, 1.807) is 0 Å². The molecule has 2 N–H and O–H groups in total. The molecule has 6 nitrogen and oxygen atoms in total. The van der Waals surface area contributed by atoms with E-state index < -0.39 is 0 Å². The number of rotatable bonds is 7. The first-order chi connectivity index (χ1) is 11.6. The van der Waals surface area contributed by atoms with Gasteiger partial charge in [-0.3, -0.25) is 9.89 Å². The molecule has 2 rings (SSSR count). The summed E-state index contributed by atoms with van der Waals surface area (Å²) in [5.41, 5.74) is 0. The number of nitrogens with zero attached hydrogens (tertiary/aromatic N) is 3. The molecule has 2 saturated heterocycles. The third-order valence-electron chi connectivity index (χ3n) is 5.21. The quantitative estimate of drug-likeness (QED) is 0.535. The summed E-state index contributed by atoms with van der Waals surface area (Å²) in [5, 5.41) is 7.06. The molecule has 0 saturated carbocycles. The molecule has 2 heterocycles. The molecular weight excluding hydrogens is 302 g/mol. The van der Waals surface area contributed by atoms with Crippen LogP contribution in [0.3, 0.4) is 0 Å². The minimum absolute atomic E-state index is 0.543. The summed E-state index contributed by atoms with van der Waals surface area (Å²) >= 11 is 0. The van der Waals surface area contributed by atoms with Crippen LogP contribution in [0.2, 0.25) is 0 Å². The average Bonchev–Trinajstić information content (AvgIpc) is 2.99. The predicted molar refractivity (Wildman–Crippen MR) is 101 cm³/mol. The molecule has 6 heteroatoms. The highest BCUT2D eigenvalue weighted by molar-refractivity contribution is 5.79. The van der Waals surface area contributed by atoms with Gasteiger partial charge < -0.3 is 20.3 Å². The highest BCUT2D eigenvalue weighted by Gasteiger charge is 2.23. The van der Waals surface area contributed by atoms with E-state index in [1.165, 1.54) is 25.8 Å². The number of guanidine groups is 1. The third kappa shape index (κ3) is 6.22. The lowest BCUT2D eigenvalue weighted by Crippen LogP contribution is -2.52. The standard InChI is InChI=1S/C18H37N5O/c1-15(2)12-17(23-8-10-24-11-9-23)14-21-18(19-3)20-13-16-6-5-7-22(16)4/h15-17H,5-14H2,1-4H3,(H2,19,20,21). The number of ether oxygens (including phenoxy) is 1. The molecule has 0 aromatic heterocycles. The number of likely N-dealkylation sites (tertiary alicyclic amines) is 1. The molecule has 2 unspecified atom stereocenters. The van der Waals surface area contributed by atoms with E-state index in [0.29, 0.717) is 18.0 Å². The normalized spacial score (nSPS) is 25.2. The van der Waals surface area contributed by atoms with Crippen molar-refractivity contribution < 1.29 is 4.74 Å². The number of likely N-dealkylation sites (N-methyl/N-ethyl adjacent to an activating group) is 1. The lowest BCUT2D eigenvalue weighted by molar-refractivity contribution is 0.0132. The fourth-order valence-electron chi connectivity index (χ4n) is 3.74. The molecule has 0 spiro atoms. The van der Waals surface area contributed by atoms with E-state index in [1.807, 2.05) is 7.05 Å². The van der Waals surface area contributed by atoms with Crippen LogP contribution in [0.25, 0.3) is 0 Å². The third-order valence-corrected chi connectivity index (χ3v) is 5.21. The maximum absolute atomic E-state index is 5.50. The molecule has 140 valence electrons. The van der Waals surface area contributed by atoms with Gasteiger partial charge in [0.05, 0.1) is 13.2 Å². The van der Waals surface area contributed by atoms with Crippen LogP contribution in [-0.4, -0.2) is 87.9 Å². The van der Waals surface area contributed by atoms with Gasteiger partial charge in [0.2, 0.25) is 0 Å². The SMILES string of the molecule is CN=C(NCC1CCCN1C)NCC(CC(C)C)N1CCOCC1. The van der Waals surface area contributed by atoms with Crippen molar-refractivity contribution in [1.29, 1.82) is 0 Å². The van der Waals surface area contributed by atoms with Crippen molar-refractivity contribution in [2.24, 2.45) is 10.9 Å². The maximum atomic E-state index is 5.50. The van der Waals surface area contributed by atoms with Crippen LogP contribution in [0.15, 0.2) is 4.99 Å². The van der Waals surface area contributed by atoms with Gasteiger partial charge in [-0.2, -0.15) is 0 Å². The van der Waals surface area contributed by atoms with Crippen molar-refractivity contribution in [2.75, 3.05) is 60.0 Å². The van der Waals surface area contributed by atoms with E-state index in [-0.39, 0.29) is 0 Å². The lowest BCUT2D eigenvalue weighted by Gasteiger charge is -2.36. The highest BCUT2D eigenvalue weighted by Crippen LogP contribution is 2.14. The van der Waals surface area contributed by atoms with Gasteiger partial charge in [-0.15, -0.1) is 0 Å². The predicted octanol–water partition coefficient (Wildman–Crippen LogP) is 0.993. The Morgan fingerprint density at radius 1 is 1.21 bits per heavy atom. The molecule has 2 atom stereocenters. The van der Waals surface area contributed by atoms with Crippen LogP contribution < -0.4 is 10.6 Å². The van der Waals surface area contributed by atoms with Crippen LogP contribution in [0.1, 0.15) is 33.1 Å². The van der Waals surface area contributed by atoms with Crippen LogP contribution in [0.4, 0.5) is 0 Å². The van der Waals surface area contributed by atoms with Crippen LogP contribution in [-0.2, 0) is 4.74 Å². The van der Waals surface area contributed by atoms with Gasteiger partial charge in [0.15, 0.2) is 5.96 Å². The zero-order valence-electron chi connectivity index (χ0n) is 16.1. The largest absolute Gasteiger partial charge is 0.379 e. The van der Waals surface area contributed by atoms with Crippen LogP contribution in [0.5, 0.6) is 0 Å².